The van der Waals surface area contributed by atoms with Crippen molar-refractivity contribution in [1.82, 2.24) is 9.80 Å². The number of fused-ring (bicyclic) bond motifs is 1. The second-order valence-electron chi connectivity index (χ2n) is 8.61. The van der Waals surface area contributed by atoms with Gasteiger partial charge in [0.15, 0.2) is 0 Å². The molecule has 4 rings (SSSR count). The van der Waals surface area contributed by atoms with Gasteiger partial charge < -0.3 is 9.64 Å². The first-order valence-corrected chi connectivity index (χ1v) is 10.8. The van der Waals surface area contributed by atoms with Crippen LogP contribution in [-0.2, 0) is 6.54 Å². The number of methoxy groups -OCH3 is 1. The molecule has 0 saturated heterocycles. The van der Waals surface area contributed by atoms with Gasteiger partial charge in [-0.05, 0) is 61.4 Å². The van der Waals surface area contributed by atoms with Crippen molar-refractivity contribution in [2.45, 2.75) is 45.2 Å². The van der Waals surface area contributed by atoms with Gasteiger partial charge in [0, 0.05) is 13.1 Å². The SMILES string of the molecule is COc1ccc(CN2C(=O)c3ccccc3C2=O)cc1C(=O)N(C)C1CCC(C)CC1. The minimum Gasteiger partial charge on any atom is -0.496 e. The number of nitrogens with zero attached hydrogens (tertiary/aromatic N) is 2. The first kappa shape index (κ1) is 21.1. The molecule has 0 radical (unpaired) electrons. The molecule has 3 amide bonds. The van der Waals surface area contributed by atoms with Crippen molar-refractivity contribution in [2.24, 2.45) is 5.92 Å². The predicted molar refractivity (Wildman–Crippen MR) is 117 cm³/mol. The van der Waals surface area contributed by atoms with Gasteiger partial charge in [-0.2, -0.15) is 0 Å². The summed E-state index contributed by atoms with van der Waals surface area (Å²) in [6.45, 7) is 2.37. The molecule has 1 saturated carbocycles. The van der Waals surface area contributed by atoms with Crippen molar-refractivity contribution < 1.29 is 19.1 Å². The van der Waals surface area contributed by atoms with E-state index in [2.05, 4.69) is 6.92 Å². The van der Waals surface area contributed by atoms with E-state index in [4.69, 9.17) is 4.74 Å². The number of ether oxygens (including phenoxy) is 1. The maximum atomic E-state index is 13.3. The Morgan fingerprint density at radius 1 is 1.03 bits per heavy atom. The maximum Gasteiger partial charge on any atom is 0.261 e. The van der Waals surface area contributed by atoms with Crippen LogP contribution in [0.15, 0.2) is 42.5 Å². The smallest absolute Gasteiger partial charge is 0.261 e. The molecule has 0 spiro atoms. The molecule has 2 aromatic carbocycles. The predicted octanol–water partition coefficient (Wildman–Crippen LogP) is 4.14. The van der Waals surface area contributed by atoms with Gasteiger partial charge >= 0.3 is 0 Å². The average Bonchev–Trinajstić information content (AvgIpc) is 3.03. The fourth-order valence-corrected chi connectivity index (χ4v) is 4.57. The summed E-state index contributed by atoms with van der Waals surface area (Å²) in [5.41, 5.74) is 2.01. The molecule has 31 heavy (non-hydrogen) atoms. The van der Waals surface area contributed by atoms with Gasteiger partial charge in [0.05, 0.1) is 30.3 Å². The molecule has 0 unspecified atom stereocenters. The number of amides is 3. The van der Waals surface area contributed by atoms with E-state index in [1.165, 1.54) is 12.0 Å². The molecule has 1 aliphatic carbocycles. The fourth-order valence-electron chi connectivity index (χ4n) is 4.57. The highest BCUT2D eigenvalue weighted by Gasteiger charge is 2.35. The molecule has 2 aliphatic rings. The van der Waals surface area contributed by atoms with Crippen LogP contribution in [0, 0.1) is 5.92 Å². The van der Waals surface area contributed by atoms with E-state index in [1.54, 1.807) is 42.5 Å². The minimum absolute atomic E-state index is 0.0967. The summed E-state index contributed by atoms with van der Waals surface area (Å²) in [5.74, 6) is 0.487. The zero-order chi connectivity index (χ0) is 22.1. The number of benzene rings is 2. The van der Waals surface area contributed by atoms with Gasteiger partial charge in [-0.25, -0.2) is 0 Å². The van der Waals surface area contributed by atoms with Gasteiger partial charge in [-0.1, -0.05) is 25.1 Å². The second kappa shape index (κ2) is 8.53. The monoisotopic (exact) mass is 420 g/mol. The van der Waals surface area contributed by atoms with Gasteiger partial charge in [0.25, 0.3) is 17.7 Å². The van der Waals surface area contributed by atoms with Crippen LogP contribution in [0.25, 0.3) is 0 Å². The average molecular weight is 421 g/mol. The van der Waals surface area contributed by atoms with Crippen LogP contribution in [0.3, 0.4) is 0 Å². The lowest BCUT2D eigenvalue weighted by Gasteiger charge is -2.34. The molecule has 6 heteroatoms. The summed E-state index contributed by atoms with van der Waals surface area (Å²) in [7, 11) is 3.39. The highest BCUT2D eigenvalue weighted by molar-refractivity contribution is 6.21. The Labute approximate surface area is 182 Å². The Morgan fingerprint density at radius 3 is 2.23 bits per heavy atom. The summed E-state index contributed by atoms with van der Waals surface area (Å²) in [5, 5.41) is 0. The topological polar surface area (TPSA) is 66.9 Å². The van der Waals surface area contributed by atoms with Crippen LogP contribution in [0.1, 0.15) is 69.2 Å². The normalized spacial score (nSPS) is 20.5. The van der Waals surface area contributed by atoms with E-state index < -0.39 is 0 Å². The molecule has 1 aliphatic heterocycles. The minimum atomic E-state index is -0.308. The summed E-state index contributed by atoms with van der Waals surface area (Å²) in [6.07, 6.45) is 4.25. The number of carbonyl (C=O) groups excluding carboxylic acids is 3. The fraction of sp³-hybridized carbons (Fsp3) is 0.400. The standard InChI is InChI=1S/C25H28N2O4/c1-16-8-11-18(12-9-16)26(2)23(28)21-14-17(10-13-22(21)31-3)15-27-24(29)19-6-4-5-7-20(19)25(27)30/h4-7,10,13-14,16,18H,8-9,11-12,15H2,1-3H3. The molecular weight excluding hydrogens is 392 g/mol. The van der Waals surface area contributed by atoms with Gasteiger partial charge in [-0.3, -0.25) is 19.3 Å². The van der Waals surface area contributed by atoms with E-state index >= 15 is 0 Å². The summed E-state index contributed by atoms with van der Waals surface area (Å²) in [4.78, 5) is 41.7. The molecule has 0 N–H and O–H groups in total. The van der Waals surface area contributed by atoms with E-state index in [0.29, 0.717) is 33.9 Å². The number of hydrogen-bond acceptors (Lipinski definition) is 4. The zero-order valence-electron chi connectivity index (χ0n) is 18.3. The molecule has 0 atom stereocenters. The van der Waals surface area contributed by atoms with Gasteiger partial charge in [0.1, 0.15) is 5.75 Å². The van der Waals surface area contributed by atoms with Gasteiger partial charge in [0.2, 0.25) is 0 Å². The highest BCUT2D eigenvalue weighted by Crippen LogP contribution is 2.30. The van der Waals surface area contributed by atoms with Crippen molar-refractivity contribution in [3.63, 3.8) is 0 Å². The van der Waals surface area contributed by atoms with Crippen LogP contribution >= 0.6 is 0 Å². The summed E-state index contributed by atoms with van der Waals surface area (Å²) >= 11 is 0. The third-order valence-electron chi connectivity index (χ3n) is 6.57. The summed E-state index contributed by atoms with van der Waals surface area (Å²) < 4.78 is 5.44. The van der Waals surface area contributed by atoms with Gasteiger partial charge in [-0.15, -0.1) is 0 Å². The Balaban J connectivity index is 1.56. The number of rotatable bonds is 5. The third kappa shape index (κ3) is 3.94. The molecular formula is C25H28N2O4. The lowest BCUT2D eigenvalue weighted by atomic mass is 9.86. The van der Waals surface area contributed by atoms with Crippen LogP contribution in [0.5, 0.6) is 5.75 Å². The molecule has 1 fully saturated rings. The number of imide groups is 1. The van der Waals surface area contributed by atoms with Crippen LogP contribution in [-0.4, -0.2) is 47.7 Å². The van der Waals surface area contributed by atoms with E-state index in [0.717, 1.165) is 25.7 Å². The first-order chi connectivity index (χ1) is 14.9. The van der Waals surface area contributed by atoms with Crippen molar-refractivity contribution in [1.29, 1.82) is 0 Å². The third-order valence-corrected chi connectivity index (χ3v) is 6.57. The Morgan fingerprint density at radius 2 is 1.65 bits per heavy atom. The first-order valence-electron chi connectivity index (χ1n) is 10.8. The zero-order valence-corrected chi connectivity index (χ0v) is 18.3. The molecule has 162 valence electrons. The number of hydrogen-bond donors (Lipinski definition) is 0. The molecule has 6 nitrogen and oxygen atoms in total. The molecule has 0 bridgehead atoms. The van der Waals surface area contributed by atoms with Crippen LogP contribution < -0.4 is 4.74 Å². The Bertz CT molecular complexity index is 989. The highest BCUT2D eigenvalue weighted by atomic mass is 16.5. The Hall–Kier alpha value is -3.15. The van der Waals surface area contributed by atoms with Crippen molar-refractivity contribution in [2.75, 3.05) is 14.2 Å². The van der Waals surface area contributed by atoms with E-state index in [1.807, 2.05) is 11.9 Å². The van der Waals surface area contributed by atoms with E-state index in [9.17, 15) is 14.4 Å². The van der Waals surface area contributed by atoms with E-state index in [-0.39, 0.29) is 30.3 Å². The lowest BCUT2D eigenvalue weighted by Crippen LogP contribution is -2.39. The summed E-state index contributed by atoms with van der Waals surface area (Å²) in [6, 6.07) is 12.3. The second-order valence-corrected chi connectivity index (χ2v) is 8.61. The maximum absolute atomic E-state index is 13.3. The quantitative estimate of drug-likeness (QED) is 0.682. The molecule has 0 aromatic heterocycles. The van der Waals surface area contributed by atoms with Crippen molar-refractivity contribution in [3.05, 3.63) is 64.7 Å². The van der Waals surface area contributed by atoms with Crippen LogP contribution in [0.4, 0.5) is 0 Å². The lowest BCUT2D eigenvalue weighted by molar-refractivity contribution is 0.0641. The van der Waals surface area contributed by atoms with Crippen LogP contribution in [0.2, 0.25) is 0 Å². The molecule has 2 aromatic rings. The molecule has 1 heterocycles. The van der Waals surface area contributed by atoms with Crippen molar-refractivity contribution in [3.8, 4) is 5.75 Å². The van der Waals surface area contributed by atoms with Crippen molar-refractivity contribution >= 4 is 17.7 Å². The Kier molecular flexibility index (Phi) is 5.81. The number of carbonyl (C=O) groups is 3. The largest absolute Gasteiger partial charge is 0.496 e.